The molecule has 0 bridgehead atoms. The third-order valence-corrected chi connectivity index (χ3v) is 5.42. The summed E-state index contributed by atoms with van der Waals surface area (Å²) in [6, 6.07) is 4.39. The molecule has 5 rings (SSSR count). The Labute approximate surface area is 173 Å². The summed E-state index contributed by atoms with van der Waals surface area (Å²) in [6.45, 7) is 1.58. The van der Waals surface area contributed by atoms with Gasteiger partial charge in [0.05, 0.1) is 17.3 Å². The van der Waals surface area contributed by atoms with Crippen LogP contribution in [-0.2, 0) is 16.4 Å². The van der Waals surface area contributed by atoms with Crippen LogP contribution in [0.25, 0.3) is 17.2 Å². The topological polar surface area (TPSA) is 111 Å². The number of nitrogen functional groups attached to an aromatic ring is 1. The van der Waals surface area contributed by atoms with Crippen molar-refractivity contribution in [3.05, 3.63) is 65.7 Å². The molecule has 0 saturated carbocycles. The van der Waals surface area contributed by atoms with Crippen LogP contribution in [0.15, 0.2) is 49.1 Å². The largest absolute Gasteiger partial charge is 0.416 e. The maximum Gasteiger partial charge on any atom is 0.416 e. The number of nitrogens with zero attached hydrogens (tertiary/aromatic N) is 5. The minimum Gasteiger partial charge on any atom is -0.383 e. The quantitative estimate of drug-likeness (QED) is 0.511. The third kappa shape index (κ3) is 2.80. The number of carbonyl (C=O) groups excluding carboxylic acids is 1. The van der Waals surface area contributed by atoms with Crippen molar-refractivity contribution in [2.75, 3.05) is 11.1 Å². The van der Waals surface area contributed by atoms with Crippen molar-refractivity contribution < 1.29 is 18.0 Å². The minimum atomic E-state index is -4.48. The van der Waals surface area contributed by atoms with Gasteiger partial charge in [-0.15, -0.1) is 0 Å². The number of nitrogens with two attached hydrogens (primary N) is 1. The first kappa shape index (κ1) is 19.0. The average molecular weight is 425 g/mol. The van der Waals surface area contributed by atoms with E-state index in [1.54, 1.807) is 36.1 Å². The molecule has 0 saturated heterocycles. The fourth-order valence-corrected chi connectivity index (χ4v) is 3.73. The summed E-state index contributed by atoms with van der Waals surface area (Å²) in [5, 5.41) is 2.68. The number of carbonyl (C=O) groups is 1. The molecule has 1 aliphatic rings. The number of halogens is 3. The van der Waals surface area contributed by atoms with E-state index in [1.807, 2.05) is 0 Å². The predicted molar refractivity (Wildman–Crippen MR) is 105 cm³/mol. The summed E-state index contributed by atoms with van der Waals surface area (Å²) in [4.78, 5) is 30.0. The van der Waals surface area contributed by atoms with E-state index in [0.29, 0.717) is 22.5 Å². The number of rotatable bonds is 2. The Morgan fingerprint density at radius 2 is 1.87 bits per heavy atom. The van der Waals surface area contributed by atoms with Crippen molar-refractivity contribution in [2.45, 2.75) is 18.5 Å². The van der Waals surface area contributed by atoms with Crippen LogP contribution >= 0.6 is 0 Å². The van der Waals surface area contributed by atoms with Crippen LogP contribution in [0.5, 0.6) is 0 Å². The second-order valence-corrected chi connectivity index (χ2v) is 7.28. The van der Waals surface area contributed by atoms with E-state index < -0.39 is 23.1 Å². The predicted octanol–water partition coefficient (Wildman–Crippen LogP) is 3.05. The molecule has 156 valence electrons. The molecule has 4 heterocycles. The van der Waals surface area contributed by atoms with E-state index >= 15 is 0 Å². The summed E-state index contributed by atoms with van der Waals surface area (Å²) >= 11 is 0. The van der Waals surface area contributed by atoms with Crippen molar-refractivity contribution in [3.63, 3.8) is 0 Å². The fraction of sp³-hybridized carbons (Fsp3) is 0.150. The molecule has 0 fully saturated rings. The van der Waals surface area contributed by atoms with Crippen molar-refractivity contribution in [2.24, 2.45) is 0 Å². The van der Waals surface area contributed by atoms with E-state index in [0.717, 1.165) is 12.1 Å². The number of amides is 1. The lowest BCUT2D eigenvalue weighted by molar-refractivity contribution is -0.137. The molecule has 0 spiro atoms. The molecule has 3 N–H and O–H groups in total. The molecule has 3 aromatic heterocycles. The van der Waals surface area contributed by atoms with Gasteiger partial charge >= 0.3 is 6.18 Å². The normalized spacial score (nSPS) is 18.3. The van der Waals surface area contributed by atoms with Gasteiger partial charge in [0.25, 0.3) is 0 Å². The number of fused-ring (bicyclic) bond motifs is 2. The van der Waals surface area contributed by atoms with E-state index in [2.05, 4.69) is 25.3 Å². The van der Waals surface area contributed by atoms with E-state index in [1.165, 1.54) is 12.1 Å². The number of aromatic nitrogens is 5. The molecular weight excluding hydrogens is 411 g/mol. The SMILES string of the molecule is CC1(c2ccc(C(F)(F)F)cc2)C(=O)Nc2nc(-c3cn4ccnc4cn3)nc(N)c21. The Morgan fingerprint density at radius 3 is 2.58 bits per heavy atom. The Hall–Kier alpha value is -4.02. The molecule has 11 heteroatoms. The number of hydrogen-bond acceptors (Lipinski definition) is 6. The van der Waals surface area contributed by atoms with Gasteiger partial charge in [-0.1, -0.05) is 12.1 Å². The van der Waals surface area contributed by atoms with Gasteiger partial charge in [-0.2, -0.15) is 13.2 Å². The summed E-state index contributed by atoms with van der Waals surface area (Å²) in [7, 11) is 0. The molecule has 1 amide bonds. The fourth-order valence-electron chi connectivity index (χ4n) is 3.73. The number of benzene rings is 1. The van der Waals surface area contributed by atoms with Gasteiger partial charge in [-0.05, 0) is 24.6 Å². The highest BCUT2D eigenvalue weighted by atomic mass is 19.4. The first-order valence-corrected chi connectivity index (χ1v) is 9.14. The van der Waals surface area contributed by atoms with Gasteiger partial charge in [0.15, 0.2) is 11.5 Å². The minimum absolute atomic E-state index is 0.0354. The Bertz CT molecular complexity index is 1350. The molecule has 4 aromatic rings. The van der Waals surface area contributed by atoms with Crippen LogP contribution in [0.3, 0.4) is 0 Å². The molecule has 1 atom stereocenters. The molecule has 1 aliphatic heterocycles. The maximum absolute atomic E-state index is 12.9. The second-order valence-electron chi connectivity index (χ2n) is 7.28. The van der Waals surface area contributed by atoms with Gasteiger partial charge in [0.2, 0.25) is 5.91 Å². The van der Waals surface area contributed by atoms with Crippen LogP contribution in [0.2, 0.25) is 0 Å². The van der Waals surface area contributed by atoms with Gasteiger partial charge in [-0.3, -0.25) is 4.79 Å². The van der Waals surface area contributed by atoms with Crippen LogP contribution in [-0.4, -0.2) is 30.2 Å². The number of alkyl halides is 3. The summed E-state index contributed by atoms with van der Waals surface area (Å²) < 4.78 is 40.5. The average Bonchev–Trinajstić information content (AvgIpc) is 3.30. The standard InChI is InChI=1S/C20H14F3N7O/c1-19(10-2-4-11(5-3-10)20(21,22)23)14-15(24)27-16(28-17(14)29-18(19)31)12-9-30-7-6-25-13(30)8-26-12/h2-9H,1H3,(H3,24,27,28,29,31). The van der Waals surface area contributed by atoms with Gasteiger partial charge in [0, 0.05) is 18.6 Å². The highest BCUT2D eigenvalue weighted by Crippen LogP contribution is 2.45. The Kier molecular flexibility index (Phi) is 3.82. The molecular formula is C20H14F3N7O. The molecule has 8 nitrogen and oxygen atoms in total. The van der Waals surface area contributed by atoms with E-state index in [-0.39, 0.29) is 17.5 Å². The lowest BCUT2D eigenvalue weighted by Crippen LogP contribution is -2.33. The number of anilines is 2. The third-order valence-electron chi connectivity index (χ3n) is 5.42. The Balaban J connectivity index is 1.61. The van der Waals surface area contributed by atoms with Crippen molar-refractivity contribution >= 4 is 23.2 Å². The molecule has 0 aliphatic carbocycles. The van der Waals surface area contributed by atoms with Crippen LogP contribution in [0.1, 0.15) is 23.6 Å². The highest BCUT2D eigenvalue weighted by Gasteiger charge is 2.47. The van der Waals surface area contributed by atoms with E-state index in [4.69, 9.17) is 5.73 Å². The zero-order valence-corrected chi connectivity index (χ0v) is 16.0. The number of imidazole rings is 1. The van der Waals surface area contributed by atoms with Gasteiger partial charge in [-0.25, -0.2) is 19.9 Å². The van der Waals surface area contributed by atoms with Crippen molar-refractivity contribution in [3.8, 4) is 11.5 Å². The molecule has 1 aromatic carbocycles. The van der Waals surface area contributed by atoms with Crippen molar-refractivity contribution in [1.29, 1.82) is 0 Å². The monoisotopic (exact) mass is 425 g/mol. The second kappa shape index (κ2) is 6.24. The summed E-state index contributed by atoms with van der Waals surface area (Å²) in [5.74, 6) is -0.0297. The molecule has 1 unspecified atom stereocenters. The number of nitrogens with one attached hydrogen (secondary N) is 1. The van der Waals surface area contributed by atoms with E-state index in [9.17, 15) is 18.0 Å². The maximum atomic E-state index is 12.9. The van der Waals surface area contributed by atoms with Gasteiger partial charge in [0.1, 0.15) is 22.7 Å². The highest BCUT2D eigenvalue weighted by molar-refractivity contribution is 6.09. The first-order valence-electron chi connectivity index (χ1n) is 9.14. The summed E-state index contributed by atoms with van der Waals surface area (Å²) in [6.07, 6.45) is 2.10. The van der Waals surface area contributed by atoms with Crippen LogP contribution in [0, 0.1) is 0 Å². The van der Waals surface area contributed by atoms with Crippen LogP contribution < -0.4 is 11.1 Å². The zero-order chi connectivity index (χ0) is 22.0. The first-order chi connectivity index (χ1) is 14.7. The van der Waals surface area contributed by atoms with Crippen LogP contribution in [0.4, 0.5) is 24.8 Å². The Morgan fingerprint density at radius 1 is 1.13 bits per heavy atom. The lowest BCUT2D eigenvalue weighted by Gasteiger charge is -2.24. The summed E-state index contributed by atoms with van der Waals surface area (Å²) in [5.41, 5.74) is 5.77. The molecule has 31 heavy (non-hydrogen) atoms. The van der Waals surface area contributed by atoms with Gasteiger partial charge < -0.3 is 15.5 Å². The smallest absolute Gasteiger partial charge is 0.383 e. The van der Waals surface area contributed by atoms with Crippen molar-refractivity contribution in [1.82, 2.24) is 24.3 Å². The zero-order valence-electron chi connectivity index (χ0n) is 16.0. The lowest BCUT2D eigenvalue weighted by atomic mass is 9.77. The molecule has 0 radical (unpaired) electrons. The number of hydrogen-bond donors (Lipinski definition) is 2.